The molecule has 220 valence electrons. The van der Waals surface area contributed by atoms with Gasteiger partial charge in [0.2, 0.25) is 5.75 Å². The second-order valence-corrected chi connectivity index (χ2v) is 8.82. The van der Waals surface area contributed by atoms with Crippen molar-refractivity contribution < 1.29 is 56.7 Å². The number of ether oxygens (including phenoxy) is 5. The minimum atomic E-state index is -4.66. The van der Waals surface area contributed by atoms with Gasteiger partial charge in [-0.3, -0.25) is 4.79 Å². The molecule has 4 rings (SSSR count). The number of rotatable bonds is 8. The summed E-state index contributed by atoms with van der Waals surface area (Å²) in [4.78, 5) is 27.3. The zero-order valence-electron chi connectivity index (χ0n) is 23.0. The molecule has 0 aliphatic carbocycles. The van der Waals surface area contributed by atoms with E-state index >= 15 is 0 Å². The van der Waals surface area contributed by atoms with E-state index in [1.54, 1.807) is 6.07 Å². The molecule has 0 aromatic heterocycles. The van der Waals surface area contributed by atoms with Crippen molar-refractivity contribution in [2.45, 2.75) is 6.18 Å². The Kier molecular flexibility index (Phi) is 8.10. The summed E-state index contributed by atoms with van der Waals surface area (Å²) in [5.74, 6) is -2.90. The van der Waals surface area contributed by atoms with Gasteiger partial charge in [-0.15, -0.1) is 0 Å². The van der Waals surface area contributed by atoms with E-state index in [1.807, 2.05) is 0 Å². The van der Waals surface area contributed by atoms with Crippen LogP contribution in [0.15, 0.2) is 48.5 Å². The predicted octanol–water partition coefficient (Wildman–Crippen LogP) is 5.99. The van der Waals surface area contributed by atoms with E-state index in [-0.39, 0.29) is 44.7 Å². The summed E-state index contributed by atoms with van der Waals surface area (Å²) in [5, 5.41) is 22.1. The van der Waals surface area contributed by atoms with Gasteiger partial charge in [-0.05, 0) is 35.9 Å². The third kappa shape index (κ3) is 4.95. The summed E-state index contributed by atoms with van der Waals surface area (Å²) in [5.41, 5.74) is -1.98. The molecule has 0 fully saturated rings. The molecule has 4 aromatic carbocycles. The predicted molar refractivity (Wildman–Crippen MR) is 145 cm³/mol. The minimum absolute atomic E-state index is 0.0148. The van der Waals surface area contributed by atoms with Crippen molar-refractivity contribution in [1.29, 1.82) is 0 Å². The molecule has 0 heterocycles. The van der Waals surface area contributed by atoms with Crippen molar-refractivity contribution in [3.8, 4) is 45.6 Å². The van der Waals surface area contributed by atoms with Crippen LogP contribution in [0.3, 0.4) is 0 Å². The highest BCUT2D eigenvalue weighted by atomic mass is 19.4. The van der Waals surface area contributed by atoms with Gasteiger partial charge in [-0.2, -0.15) is 13.2 Å². The molecule has 4 aromatic rings. The van der Waals surface area contributed by atoms with Crippen LogP contribution < -0.4 is 18.9 Å². The molecule has 9 nitrogen and oxygen atoms in total. The average Bonchev–Trinajstić information content (AvgIpc) is 2.99. The third-order valence-corrected chi connectivity index (χ3v) is 6.63. The molecule has 0 amide bonds. The van der Waals surface area contributed by atoms with Crippen molar-refractivity contribution >= 4 is 22.5 Å². The van der Waals surface area contributed by atoms with Gasteiger partial charge in [0.1, 0.15) is 5.75 Å². The number of hydrogen-bond acceptors (Lipinski definition) is 9. The molecule has 0 saturated carbocycles. The van der Waals surface area contributed by atoms with Gasteiger partial charge in [0.05, 0.1) is 52.2 Å². The van der Waals surface area contributed by atoms with Crippen molar-refractivity contribution in [2.24, 2.45) is 0 Å². The van der Waals surface area contributed by atoms with Crippen molar-refractivity contribution in [2.75, 3.05) is 35.5 Å². The van der Waals surface area contributed by atoms with Crippen molar-refractivity contribution in [3.63, 3.8) is 0 Å². The molecule has 0 spiro atoms. The summed E-state index contributed by atoms with van der Waals surface area (Å²) >= 11 is 0. The van der Waals surface area contributed by atoms with Crippen LogP contribution in [0.1, 0.15) is 31.8 Å². The fourth-order valence-electron chi connectivity index (χ4n) is 4.72. The Morgan fingerprint density at radius 3 is 1.88 bits per heavy atom. The number of benzene rings is 4. The number of aromatic hydroxyl groups is 2. The standard InChI is InChI=1S/C30H25F3O9/c1-38-19-11-8-15(12-20(19)39-2)21-22-17(13-18(34)27(40-3)28(22)41-4)26(36)24(23(21)29(37)42-5)25(35)14-6-9-16(10-7-14)30(31,32)33/h6-13,34,36H,1-5H3. The largest absolute Gasteiger partial charge is 0.506 e. The van der Waals surface area contributed by atoms with Crippen LogP contribution in [0, 0.1) is 0 Å². The van der Waals surface area contributed by atoms with Crippen LogP contribution >= 0.6 is 0 Å². The molecule has 0 aliphatic rings. The van der Waals surface area contributed by atoms with Crippen LogP contribution in [0.4, 0.5) is 13.2 Å². The van der Waals surface area contributed by atoms with Crippen LogP contribution in [0.2, 0.25) is 0 Å². The van der Waals surface area contributed by atoms with Gasteiger partial charge in [-0.25, -0.2) is 4.79 Å². The second-order valence-electron chi connectivity index (χ2n) is 8.82. The van der Waals surface area contributed by atoms with E-state index in [1.165, 1.54) is 40.6 Å². The maximum atomic E-state index is 13.9. The van der Waals surface area contributed by atoms with Gasteiger partial charge in [0.25, 0.3) is 0 Å². The maximum absolute atomic E-state index is 13.9. The fourth-order valence-corrected chi connectivity index (χ4v) is 4.72. The van der Waals surface area contributed by atoms with Gasteiger partial charge in [0, 0.05) is 21.9 Å². The number of carbonyl (C=O) groups is 2. The molecule has 0 unspecified atom stereocenters. The summed E-state index contributed by atoms with van der Waals surface area (Å²) in [6.45, 7) is 0. The molecule has 0 radical (unpaired) electrons. The van der Waals surface area contributed by atoms with Gasteiger partial charge in [-0.1, -0.05) is 18.2 Å². The first-order chi connectivity index (χ1) is 19.9. The van der Waals surface area contributed by atoms with E-state index < -0.39 is 46.1 Å². The highest BCUT2D eigenvalue weighted by Gasteiger charge is 2.35. The molecule has 2 N–H and O–H groups in total. The number of carbonyl (C=O) groups excluding carboxylic acids is 2. The molecule has 0 aliphatic heterocycles. The van der Waals surface area contributed by atoms with E-state index in [0.717, 1.165) is 25.3 Å². The second kappa shape index (κ2) is 11.4. The third-order valence-electron chi connectivity index (χ3n) is 6.63. The Hall–Kier alpha value is -5.13. The monoisotopic (exact) mass is 586 g/mol. The first-order valence-electron chi connectivity index (χ1n) is 12.1. The van der Waals surface area contributed by atoms with E-state index in [2.05, 4.69) is 0 Å². The number of ketones is 1. The van der Waals surface area contributed by atoms with Crippen molar-refractivity contribution in [3.05, 3.63) is 70.8 Å². The van der Waals surface area contributed by atoms with Crippen LogP contribution in [-0.2, 0) is 10.9 Å². The Bertz CT molecular complexity index is 1690. The van der Waals surface area contributed by atoms with Crippen LogP contribution in [0.25, 0.3) is 21.9 Å². The van der Waals surface area contributed by atoms with Crippen molar-refractivity contribution in [1.82, 2.24) is 0 Å². The lowest BCUT2D eigenvalue weighted by Crippen LogP contribution is -2.15. The van der Waals surface area contributed by atoms with Gasteiger partial charge in [0.15, 0.2) is 28.8 Å². The topological polar surface area (TPSA) is 121 Å². The first-order valence-corrected chi connectivity index (χ1v) is 12.1. The lowest BCUT2D eigenvalue weighted by molar-refractivity contribution is -0.137. The van der Waals surface area contributed by atoms with Gasteiger partial charge >= 0.3 is 12.1 Å². The summed E-state index contributed by atoms with van der Waals surface area (Å²) in [6, 6.07) is 8.97. The number of alkyl halides is 3. The SMILES string of the molecule is COC(=O)c1c(C(=O)c2ccc(C(F)(F)F)cc2)c(O)c2cc(O)c(OC)c(OC)c2c1-c1ccc(OC)c(OC)c1. The lowest BCUT2D eigenvalue weighted by Gasteiger charge is -2.22. The lowest BCUT2D eigenvalue weighted by atomic mass is 9.85. The highest BCUT2D eigenvalue weighted by molar-refractivity contribution is 6.24. The van der Waals surface area contributed by atoms with Crippen LogP contribution in [-0.4, -0.2) is 57.5 Å². The molecule has 12 heteroatoms. The Labute approximate surface area is 237 Å². The fraction of sp³-hybridized carbons (Fsp3) is 0.200. The Morgan fingerprint density at radius 2 is 1.36 bits per heavy atom. The summed E-state index contributed by atoms with van der Waals surface area (Å²) in [7, 11) is 6.40. The number of fused-ring (bicyclic) bond motifs is 1. The van der Waals surface area contributed by atoms with E-state index in [9.17, 15) is 33.0 Å². The number of hydrogen-bond donors (Lipinski definition) is 2. The number of phenols is 2. The summed E-state index contributed by atoms with van der Waals surface area (Å²) < 4.78 is 66.2. The molecular weight excluding hydrogens is 561 g/mol. The first kappa shape index (κ1) is 29.8. The van der Waals surface area contributed by atoms with E-state index in [0.29, 0.717) is 17.9 Å². The number of esters is 1. The smallest absolute Gasteiger partial charge is 0.416 e. The zero-order chi connectivity index (χ0) is 30.9. The molecule has 0 bridgehead atoms. The number of phenolic OH excluding ortho intramolecular Hbond substituents is 2. The molecule has 42 heavy (non-hydrogen) atoms. The molecular formula is C30H25F3O9. The van der Waals surface area contributed by atoms with E-state index in [4.69, 9.17) is 23.7 Å². The zero-order valence-corrected chi connectivity index (χ0v) is 23.0. The molecule has 0 saturated heterocycles. The average molecular weight is 587 g/mol. The van der Waals surface area contributed by atoms with Crippen LogP contribution in [0.5, 0.6) is 34.5 Å². The number of methoxy groups -OCH3 is 5. The minimum Gasteiger partial charge on any atom is -0.506 e. The quantitative estimate of drug-likeness (QED) is 0.190. The Balaban J connectivity index is 2.22. The van der Waals surface area contributed by atoms with Gasteiger partial charge < -0.3 is 33.9 Å². The summed E-state index contributed by atoms with van der Waals surface area (Å²) in [6.07, 6.45) is -4.66. The maximum Gasteiger partial charge on any atom is 0.416 e. The highest BCUT2D eigenvalue weighted by Crippen LogP contribution is 2.52. The molecule has 0 atom stereocenters. The normalized spacial score (nSPS) is 11.2. The number of halogens is 3. The Morgan fingerprint density at radius 1 is 0.738 bits per heavy atom.